The predicted molar refractivity (Wildman–Crippen MR) is 89.7 cm³/mol. The minimum atomic E-state index is -4.40. The highest BCUT2D eigenvalue weighted by atomic mass is 19.4. The zero-order valence-corrected chi connectivity index (χ0v) is 14.5. The van der Waals surface area contributed by atoms with E-state index in [0.717, 1.165) is 12.5 Å². The Kier molecular flexibility index (Phi) is 7.05. The van der Waals surface area contributed by atoms with Gasteiger partial charge in [0.2, 0.25) is 0 Å². The minimum absolute atomic E-state index is 0.138. The first kappa shape index (κ1) is 20.6. The number of rotatable bonds is 2. The quantitative estimate of drug-likeness (QED) is 0.804. The summed E-state index contributed by atoms with van der Waals surface area (Å²) in [5, 5.41) is 2.33. The average Bonchev–Trinajstić information content (AvgIpc) is 2.68. The predicted octanol–water partition coefficient (Wildman–Crippen LogP) is 2.84. The van der Waals surface area contributed by atoms with Crippen LogP contribution in [0, 0.1) is 5.82 Å². The zero-order valence-electron chi connectivity index (χ0n) is 14.5. The van der Waals surface area contributed by atoms with E-state index in [-0.39, 0.29) is 17.3 Å². The molecule has 1 amide bonds. The van der Waals surface area contributed by atoms with Crippen LogP contribution in [0.4, 0.5) is 23.4 Å². The minimum Gasteiger partial charge on any atom is -0.378 e. The lowest BCUT2D eigenvalue weighted by molar-refractivity contribution is -0.137. The van der Waals surface area contributed by atoms with E-state index in [2.05, 4.69) is 15.3 Å². The van der Waals surface area contributed by atoms with Crippen LogP contribution in [-0.4, -0.2) is 54.1 Å². The molecule has 1 aliphatic rings. The number of benzene rings is 1. The summed E-state index contributed by atoms with van der Waals surface area (Å²) in [5.74, 6) is -0.928. The van der Waals surface area contributed by atoms with E-state index >= 15 is 0 Å². The van der Waals surface area contributed by atoms with Gasteiger partial charge >= 0.3 is 6.18 Å². The zero-order chi connectivity index (χ0) is 19.9. The van der Waals surface area contributed by atoms with Gasteiger partial charge in [-0.05, 0) is 12.1 Å². The molecule has 2 heterocycles. The second-order valence-electron chi connectivity index (χ2n) is 5.42. The van der Waals surface area contributed by atoms with Crippen LogP contribution in [0.25, 0.3) is 0 Å². The number of aromatic nitrogens is 2. The van der Waals surface area contributed by atoms with Crippen LogP contribution in [0.5, 0.6) is 0 Å². The molecule has 0 atom stereocenters. The highest BCUT2D eigenvalue weighted by Crippen LogP contribution is 2.32. The lowest BCUT2D eigenvalue weighted by Gasteiger charge is -2.26. The number of nitrogens with zero attached hydrogens (tertiary/aromatic N) is 3. The van der Waals surface area contributed by atoms with Gasteiger partial charge in [-0.25, -0.2) is 14.4 Å². The van der Waals surface area contributed by atoms with Crippen molar-refractivity contribution in [1.82, 2.24) is 14.9 Å². The first-order valence-electron chi connectivity index (χ1n) is 8.01. The summed E-state index contributed by atoms with van der Waals surface area (Å²) in [5.41, 5.74) is -0.716. The molecule has 27 heavy (non-hydrogen) atoms. The molecule has 1 aromatic carbocycles. The van der Waals surface area contributed by atoms with E-state index in [1.54, 1.807) is 17.0 Å². The summed E-state index contributed by atoms with van der Waals surface area (Å²) in [7, 11) is 1.37. The Morgan fingerprint density at radius 3 is 2.44 bits per heavy atom. The van der Waals surface area contributed by atoms with E-state index < -0.39 is 17.6 Å². The molecule has 1 fully saturated rings. The fourth-order valence-electron chi connectivity index (χ4n) is 2.31. The van der Waals surface area contributed by atoms with Gasteiger partial charge in [0.1, 0.15) is 23.5 Å². The van der Waals surface area contributed by atoms with Crippen LogP contribution in [-0.2, 0) is 10.9 Å². The van der Waals surface area contributed by atoms with Gasteiger partial charge in [-0.2, -0.15) is 13.2 Å². The van der Waals surface area contributed by atoms with Crippen LogP contribution in [0.1, 0.15) is 15.9 Å². The summed E-state index contributed by atoms with van der Waals surface area (Å²) < 4.78 is 54.8. The van der Waals surface area contributed by atoms with Crippen molar-refractivity contribution in [2.24, 2.45) is 0 Å². The summed E-state index contributed by atoms with van der Waals surface area (Å²) in [4.78, 5) is 20.2. The van der Waals surface area contributed by atoms with Gasteiger partial charge in [0.05, 0.1) is 18.8 Å². The first-order valence-corrected chi connectivity index (χ1v) is 8.01. The van der Waals surface area contributed by atoms with Crippen molar-refractivity contribution in [2.75, 3.05) is 38.7 Å². The summed E-state index contributed by atoms with van der Waals surface area (Å²) in [6, 6.07) is 6.04. The Balaban J connectivity index is 0.000000199. The van der Waals surface area contributed by atoms with Crippen molar-refractivity contribution in [3.63, 3.8) is 0 Å². The molecule has 0 bridgehead atoms. The largest absolute Gasteiger partial charge is 0.421 e. The van der Waals surface area contributed by atoms with Gasteiger partial charge in [0.25, 0.3) is 5.91 Å². The van der Waals surface area contributed by atoms with Crippen molar-refractivity contribution >= 4 is 11.7 Å². The Morgan fingerprint density at radius 1 is 1.22 bits per heavy atom. The normalized spacial score (nSPS) is 14.2. The molecule has 0 unspecified atom stereocenters. The highest BCUT2D eigenvalue weighted by molar-refractivity contribution is 5.94. The molecule has 0 aliphatic carbocycles. The molecular weight excluding hydrogens is 368 g/mol. The maximum absolute atomic E-state index is 13.3. The number of amides is 1. The smallest absolute Gasteiger partial charge is 0.378 e. The van der Waals surface area contributed by atoms with E-state index in [4.69, 9.17) is 4.74 Å². The maximum Gasteiger partial charge on any atom is 0.421 e. The number of morpholine rings is 1. The molecule has 146 valence electrons. The summed E-state index contributed by atoms with van der Waals surface area (Å²) >= 11 is 0. The van der Waals surface area contributed by atoms with E-state index in [0.29, 0.717) is 26.3 Å². The van der Waals surface area contributed by atoms with Crippen molar-refractivity contribution < 1.29 is 27.1 Å². The molecule has 0 saturated carbocycles. The molecule has 0 spiro atoms. The van der Waals surface area contributed by atoms with Gasteiger partial charge < -0.3 is 15.0 Å². The van der Waals surface area contributed by atoms with Gasteiger partial charge in [-0.1, -0.05) is 12.1 Å². The lowest BCUT2D eigenvalue weighted by atomic mass is 10.2. The van der Waals surface area contributed by atoms with Crippen molar-refractivity contribution in [3.8, 4) is 0 Å². The van der Waals surface area contributed by atoms with Crippen LogP contribution in [0.3, 0.4) is 0 Å². The molecule has 10 heteroatoms. The fourth-order valence-corrected chi connectivity index (χ4v) is 2.31. The number of carbonyl (C=O) groups is 1. The van der Waals surface area contributed by atoms with E-state index in [1.807, 2.05) is 0 Å². The SMILES string of the molecule is CNc1ncncc1C(F)(F)F.O=C(c1ccccc1F)N1CCOCC1. The van der Waals surface area contributed by atoms with E-state index in [1.165, 1.54) is 19.2 Å². The third-order valence-electron chi connectivity index (χ3n) is 3.66. The third kappa shape index (κ3) is 5.61. The first-order chi connectivity index (χ1) is 12.8. The molecule has 2 aromatic rings. The van der Waals surface area contributed by atoms with Crippen LogP contribution >= 0.6 is 0 Å². The maximum atomic E-state index is 13.3. The van der Waals surface area contributed by atoms with Crippen molar-refractivity contribution in [1.29, 1.82) is 0 Å². The van der Waals surface area contributed by atoms with Crippen LogP contribution in [0.15, 0.2) is 36.8 Å². The average molecular weight is 386 g/mol. The number of nitrogens with one attached hydrogen (secondary N) is 1. The number of halogens is 4. The summed E-state index contributed by atoms with van der Waals surface area (Å²) in [6.45, 7) is 2.13. The van der Waals surface area contributed by atoms with Crippen molar-refractivity contribution in [3.05, 3.63) is 53.7 Å². The Bertz CT molecular complexity index is 765. The molecule has 6 nitrogen and oxygen atoms in total. The molecule has 1 saturated heterocycles. The second-order valence-corrected chi connectivity index (χ2v) is 5.42. The van der Waals surface area contributed by atoms with Gasteiger partial charge in [0, 0.05) is 26.3 Å². The molecule has 3 rings (SSSR count). The van der Waals surface area contributed by atoms with Crippen LogP contribution < -0.4 is 5.32 Å². The molecule has 1 aromatic heterocycles. The van der Waals surface area contributed by atoms with Gasteiger partial charge in [-0.3, -0.25) is 4.79 Å². The standard InChI is InChI=1S/C11H12FNO2.C6H6F3N3/c12-10-4-2-1-3-9(10)11(14)13-5-7-15-8-6-13;1-10-5-4(6(7,8)9)2-11-3-12-5/h1-4H,5-8H2;2-3H,1H3,(H,10,11,12). The molecule has 0 radical (unpaired) electrons. The summed E-state index contributed by atoms with van der Waals surface area (Å²) in [6.07, 6.45) is -2.61. The number of ether oxygens (including phenoxy) is 1. The number of anilines is 1. The van der Waals surface area contributed by atoms with Gasteiger partial charge in [-0.15, -0.1) is 0 Å². The highest BCUT2D eigenvalue weighted by Gasteiger charge is 2.34. The Labute approximate surface area is 153 Å². The Hall–Kier alpha value is -2.75. The molecule has 1 aliphatic heterocycles. The lowest BCUT2D eigenvalue weighted by Crippen LogP contribution is -2.41. The fraction of sp³-hybridized carbons (Fsp3) is 0.353. The van der Waals surface area contributed by atoms with Crippen molar-refractivity contribution in [2.45, 2.75) is 6.18 Å². The number of hydrogen-bond donors (Lipinski definition) is 1. The number of carbonyl (C=O) groups excluding carboxylic acids is 1. The third-order valence-corrected chi connectivity index (χ3v) is 3.66. The number of alkyl halides is 3. The number of hydrogen-bond acceptors (Lipinski definition) is 5. The monoisotopic (exact) mass is 386 g/mol. The van der Waals surface area contributed by atoms with E-state index in [9.17, 15) is 22.4 Å². The molecule has 1 N–H and O–H groups in total. The second kappa shape index (κ2) is 9.26. The van der Waals surface area contributed by atoms with Gasteiger partial charge in [0.15, 0.2) is 0 Å². The topological polar surface area (TPSA) is 67.4 Å². The Morgan fingerprint density at radius 2 is 1.89 bits per heavy atom. The van der Waals surface area contributed by atoms with Crippen LogP contribution in [0.2, 0.25) is 0 Å². The molecular formula is C17H18F4N4O2.